The molecule has 2 atom stereocenters. The van der Waals surface area contributed by atoms with Crippen molar-refractivity contribution in [2.75, 3.05) is 13.6 Å². The molecule has 0 aromatic heterocycles. The van der Waals surface area contributed by atoms with Gasteiger partial charge in [0.2, 0.25) is 0 Å². The van der Waals surface area contributed by atoms with Crippen LogP contribution in [0.2, 0.25) is 0 Å². The summed E-state index contributed by atoms with van der Waals surface area (Å²) >= 11 is 0. The Bertz CT molecular complexity index is 278. The zero-order valence-corrected chi connectivity index (χ0v) is 10.7. The second-order valence-electron chi connectivity index (χ2n) is 5.93. The number of rotatable bonds is 3. The molecule has 2 rings (SSSR count). The van der Waals surface area contributed by atoms with E-state index in [4.69, 9.17) is 0 Å². The number of hydrogen-bond acceptors (Lipinski definition) is 3. The molecule has 90 valence electrons. The lowest BCUT2D eigenvalue weighted by Gasteiger charge is -2.42. The topological polar surface area (TPSA) is 39.1 Å². The number of nitrogens with one attached hydrogen (secondary N) is 1. The van der Waals surface area contributed by atoms with Crippen LogP contribution in [-0.4, -0.2) is 36.1 Å². The minimum absolute atomic E-state index is 0.247. The molecule has 2 saturated heterocycles. The first kappa shape index (κ1) is 11.9. The highest BCUT2D eigenvalue weighted by Gasteiger charge is 2.46. The fourth-order valence-electron chi connectivity index (χ4n) is 3.14. The molecule has 2 aliphatic heterocycles. The normalized spacial score (nSPS) is 38.9. The van der Waals surface area contributed by atoms with Crippen LogP contribution in [0.4, 0.5) is 0 Å². The minimum atomic E-state index is -0.247. The number of nitrogens with zero attached hydrogens (tertiary/aromatic N) is 2. The van der Waals surface area contributed by atoms with E-state index >= 15 is 0 Å². The predicted molar refractivity (Wildman–Crippen MR) is 65.0 cm³/mol. The highest BCUT2D eigenvalue weighted by molar-refractivity contribution is 5.15. The lowest BCUT2D eigenvalue weighted by Crippen LogP contribution is -2.56. The molecule has 3 nitrogen and oxygen atoms in total. The Hall–Kier alpha value is -0.590. The summed E-state index contributed by atoms with van der Waals surface area (Å²) in [6.45, 7) is 5.35. The van der Waals surface area contributed by atoms with Crippen molar-refractivity contribution in [3.05, 3.63) is 0 Å². The molecular weight excluding hydrogens is 198 g/mol. The Morgan fingerprint density at radius 2 is 1.94 bits per heavy atom. The largest absolute Gasteiger partial charge is 0.300 e. The SMILES string of the molecule is CC(C)CNC1(C#N)CC2CCC(C1)N2C. The quantitative estimate of drug-likeness (QED) is 0.789. The van der Waals surface area contributed by atoms with Crippen LogP contribution in [0.25, 0.3) is 0 Å². The summed E-state index contributed by atoms with van der Waals surface area (Å²) in [6, 6.07) is 3.80. The van der Waals surface area contributed by atoms with Crippen LogP contribution in [0.5, 0.6) is 0 Å². The minimum Gasteiger partial charge on any atom is -0.300 e. The number of fused-ring (bicyclic) bond motifs is 2. The third-order valence-corrected chi connectivity index (χ3v) is 4.22. The van der Waals surface area contributed by atoms with E-state index < -0.39 is 0 Å². The van der Waals surface area contributed by atoms with Gasteiger partial charge >= 0.3 is 0 Å². The van der Waals surface area contributed by atoms with Gasteiger partial charge in [0, 0.05) is 12.1 Å². The molecule has 2 heterocycles. The number of nitriles is 1. The fourth-order valence-corrected chi connectivity index (χ4v) is 3.14. The van der Waals surface area contributed by atoms with E-state index in [1.54, 1.807) is 0 Å². The first-order chi connectivity index (χ1) is 7.56. The molecule has 1 N–H and O–H groups in total. The molecule has 3 heteroatoms. The van der Waals surface area contributed by atoms with Crippen LogP contribution < -0.4 is 5.32 Å². The van der Waals surface area contributed by atoms with Gasteiger partial charge in [-0.15, -0.1) is 0 Å². The van der Waals surface area contributed by atoms with Gasteiger partial charge < -0.3 is 4.90 Å². The Balaban J connectivity index is 2.04. The Morgan fingerprint density at radius 1 is 1.38 bits per heavy atom. The summed E-state index contributed by atoms with van der Waals surface area (Å²) in [5, 5.41) is 13.0. The first-order valence-electron chi connectivity index (χ1n) is 6.44. The van der Waals surface area contributed by atoms with Crippen LogP contribution in [0.1, 0.15) is 39.5 Å². The van der Waals surface area contributed by atoms with E-state index in [1.165, 1.54) is 12.8 Å². The van der Waals surface area contributed by atoms with Crippen LogP contribution in [-0.2, 0) is 0 Å². The lowest BCUT2D eigenvalue weighted by atomic mass is 9.84. The van der Waals surface area contributed by atoms with E-state index in [-0.39, 0.29) is 5.54 Å². The van der Waals surface area contributed by atoms with Crippen molar-refractivity contribution in [2.45, 2.75) is 57.2 Å². The second-order valence-corrected chi connectivity index (χ2v) is 5.93. The zero-order chi connectivity index (χ0) is 11.8. The van der Waals surface area contributed by atoms with E-state index in [0.29, 0.717) is 18.0 Å². The summed E-state index contributed by atoms with van der Waals surface area (Å²) < 4.78 is 0. The van der Waals surface area contributed by atoms with Gasteiger partial charge in [0.25, 0.3) is 0 Å². The molecule has 0 amide bonds. The number of hydrogen-bond donors (Lipinski definition) is 1. The van der Waals surface area contributed by atoms with Crippen molar-refractivity contribution in [1.82, 2.24) is 10.2 Å². The van der Waals surface area contributed by atoms with Crippen LogP contribution in [0.15, 0.2) is 0 Å². The van der Waals surface area contributed by atoms with Gasteiger partial charge in [0.15, 0.2) is 0 Å². The van der Waals surface area contributed by atoms with Gasteiger partial charge in [-0.3, -0.25) is 5.32 Å². The third-order valence-electron chi connectivity index (χ3n) is 4.22. The van der Waals surface area contributed by atoms with Crippen molar-refractivity contribution in [3.8, 4) is 6.07 Å². The Kier molecular flexibility index (Phi) is 3.23. The van der Waals surface area contributed by atoms with Gasteiger partial charge in [-0.1, -0.05) is 13.8 Å². The summed E-state index contributed by atoms with van der Waals surface area (Å²) in [7, 11) is 2.21. The average Bonchev–Trinajstić information content (AvgIpc) is 2.52. The molecule has 0 aromatic carbocycles. The summed E-state index contributed by atoms with van der Waals surface area (Å²) in [5.41, 5.74) is -0.247. The molecule has 0 aliphatic carbocycles. The second kappa shape index (κ2) is 4.35. The Morgan fingerprint density at radius 3 is 2.38 bits per heavy atom. The van der Waals surface area contributed by atoms with Gasteiger partial charge in [-0.05, 0) is 45.2 Å². The molecule has 2 aliphatic rings. The standard InChI is InChI=1S/C13H23N3/c1-10(2)8-15-13(9-14)6-11-4-5-12(7-13)16(11)3/h10-12,15H,4-8H2,1-3H3. The van der Waals surface area contributed by atoms with Crippen LogP contribution >= 0.6 is 0 Å². The van der Waals surface area contributed by atoms with Crippen molar-refractivity contribution in [2.24, 2.45) is 5.92 Å². The smallest absolute Gasteiger partial charge is 0.109 e. The molecule has 0 aromatic rings. The Labute approximate surface area is 98.8 Å². The molecule has 0 radical (unpaired) electrons. The van der Waals surface area contributed by atoms with Gasteiger partial charge in [0.1, 0.15) is 5.54 Å². The van der Waals surface area contributed by atoms with E-state index in [9.17, 15) is 5.26 Å². The monoisotopic (exact) mass is 221 g/mol. The molecule has 0 saturated carbocycles. The maximum Gasteiger partial charge on any atom is 0.109 e. The van der Waals surface area contributed by atoms with Crippen molar-refractivity contribution >= 4 is 0 Å². The number of piperidine rings is 1. The van der Waals surface area contributed by atoms with Crippen molar-refractivity contribution in [3.63, 3.8) is 0 Å². The van der Waals surface area contributed by atoms with Crippen LogP contribution in [0.3, 0.4) is 0 Å². The summed E-state index contributed by atoms with van der Waals surface area (Å²) in [4.78, 5) is 2.48. The predicted octanol–water partition coefficient (Wildman–Crippen LogP) is 1.75. The van der Waals surface area contributed by atoms with Gasteiger partial charge in [-0.25, -0.2) is 0 Å². The van der Waals surface area contributed by atoms with Gasteiger partial charge in [0.05, 0.1) is 6.07 Å². The first-order valence-corrected chi connectivity index (χ1v) is 6.44. The van der Waals surface area contributed by atoms with Gasteiger partial charge in [-0.2, -0.15) is 5.26 Å². The average molecular weight is 221 g/mol. The fraction of sp³-hybridized carbons (Fsp3) is 0.923. The van der Waals surface area contributed by atoms with Crippen LogP contribution in [0, 0.1) is 17.2 Å². The molecule has 16 heavy (non-hydrogen) atoms. The third kappa shape index (κ3) is 2.09. The van der Waals surface area contributed by atoms with E-state index in [2.05, 4.69) is 37.2 Å². The highest BCUT2D eigenvalue weighted by Crippen LogP contribution is 2.39. The van der Waals surface area contributed by atoms with E-state index in [0.717, 1.165) is 19.4 Å². The van der Waals surface area contributed by atoms with E-state index in [1.807, 2.05) is 0 Å². The molecule has 0 spiro atoms. The van der Waals surface area contributed by atoms with Crippen molar-refractivity contribution < 1.29 is 0 Å². The molecular formula is C13H23N3. The maximum atomic E-state index is 9.47. The zero-order valence-electron chi connectivity index (χ0n) is 10.7. The lowest BCUT2D eigenvalue weighted by molar-refractivity contribution is 0.117. The maximum absolute atomic E-state index is 9.47. The highest BCUT2D eigenvalue weighted by atomic mass is 15.2. The molecule has 2 unspecified atom stereocenters. The summed E-state index contributed by atoms with van der Waals surface area (Å²) in [5.74, 6) is 0.613. The molecule has 2 bridgehead atoms. The molecule has 2 fully saturated rings. The summed E-state index contributed by atoms with van der Waals surface area (Å²) in [6.07, 6.45) is 4.55. The van der Waals surface area contributed by atoms with Crippen molar-refractivity contribution in [1.29, 1.82) is 5.26 Å².